The van der Waals surface area contributed by atoms with Gasteiger partial charge in [0.15, 0.2) is 0 Å². The van der Waals surface area contributed by atoms with Crippen molar-refractivity contribution in [1.82, 2.24) is 4.90 Å². The quantitative estimate of drug-likeness (QED) is 0.627. The third-order valence-corrected chi connectivity index (χ3v) is 4.94. The maximum absolute atomic E-state index is 12.4. The fraction of sp³-hybridized carbons (Fsp3) is 0.389. The monoisotopic (exact) mass is 378 g/mol. The summed E-state index contributed by atoms with van der Waals surface area (Å²) < 4.78 is 10.3. The summed E-state index contributed by atoms with van der Waals surface area (Å²) in [5.74, 6) is -1.04. The molecule has 26 heavy (non-hydrogen) atoms. The number of nitrogens with one attached hydrogen (secondary N) is 1. The van der Waals surface area contributed by atoms with E-state index in [-0.39, 0.29) is 30.2 Å². The van der Waals surface area contributed by atoms with E-state index in [1.165, 1.54) is 20.3 Å². The first-order chi connectivity index (χ1) is 12.5. The van der Waals surface area contributed by atoms with Crippen LogP contribution in [0, 0.1) is 11.8 Å². The number of fused-ring (bicyclic) bond motifs is 1. The molecule has 1 aliphatic heterocycles. The Morgan fingerprint density at radius 1 is 1.12 bits per heavy atom. The molecule has 1 aliphatic carbocycles. The molecule has 1 aromatic rings. The molecule has 1 saturated heterocycles. The molecule has 1 aromatic carbocycles. The second kappa shape index (κ2) is 7.37. The number of hydrogen-bond acceptors (Lipinski definition) is 5. The van der Waals surface area contributed by atoms with E-state index in [0.717, 1.165) is 4.90 Å². The number of benzene rings is 1. The van der Waals surface area contributed by atoms with Crippen LogP contribution in [0.1, 0.15) is 12.8 Å². The standard InChI is InChI=1S/C18H19ClN2O5/c1-25-14-8-15(26-2)13(7-12(14)19)20-16(22)9-21-17(23)10-5-3-4-6-11(10)18(21)24/h3-4,7-8,10-11H,5-6,9H2,1-2H3,(H,20,22). The molecule has 0 aromatic heterocycles. The minimum atomic E-state index is -0.502. The lowest BCUT2D eigenvalue weighted by Gasteiger charge is -2.16. The molecule has 138 valence electrons. The Bertz CT molecular complexity index is 766. The highest BCUT2D eigenvalue weighted by Crippen LogP contribution is 2.37. The van der Waals surface area contributed by atoms with Gasteiger partial charge in [-0.3, -0.25) is 19.3 Å². The predicted octanol–water partition coefficient (Wildman–Crippen LogP) is 2.25. The lowest BCUT2D eigenvalue weighted by atomic mass is 9.85. The normalized spacial score (nSPS) is 21.6. The molecule has 3 rings (SSSR count). The second-order valence-electron chi connectivity index (χ2n) is 6.15. The summed E-state index contributed by atoms with van der Waals surface area (Å²) in [7, 11) is 2.92. The lowest BCUT2D eigenvalue weighted by molar-refractivity contribution is -0.142. The lowest BCUT2D eigenvalue weighted by Crippen LogP contribution is -2.38. The molecule has 2 aliphatic rings. The summed E-state index contributed by atoms with van der Waals surface area (Å²) in [4.78, 5) is 38.3. The molecule has 3 amide bonds. The second-order valence-corrected chi connectivity index (χ2v) is 6.56. The molecule has 0 radical (unpaired) electrons. The largest absolute Gasteiger partial charge is 0.495 e. The molecule has 8 heteroatoms. The first-order valence-electron chi connectivity index (χ1n) is 8.17. The van der Waals surface area contributed by atoms with Crippen LogP contribution in [0.2, 0.25) is 5.02 Å². The number of nitrogens with zero attached hydrogens (tertiary/aromatic N) is 1. The van der Waals surface area contributed by atoms with Gasteiger partial charge >= 0.3 is 0 Å². The first-order valence-corrected chi connectivity index (χ1v) is 8.55. The number of anilines is 1. The Balaban J connectivity index is 1.73. The number of ether oxygens (including phenoxy) is 2. The Labute approximate surface area is 155 Å². The number of hydrogen-bond donors (Lipinski definition) is 1. The predicted molar refractivity (Wildman–Crippen MR) is 95.3 cm³/mol. The van der Waals surface area contributed by atoms with Crippen molar-refractivity contribution in [1.29, 1.82) is 0 Å². The van der Waals surface area contributed by atoms with E-state index in [1.807, 2.05) is 12.2 Å². The van der Waals surface area contributed by atoms with Crippen molar-refractivity contribution < 1.29 is 23.9 Å². The van der Waals surface area contributed by atoms with Crippen molar-refractivity contribution in [3.8, 4) is 11.5 Å². The SMILES string of the molecule is COc1cc(OC)c(NC(=O)CN2C(=O)C3CC=CCC3C2=O)cc1Cl. The third kappa shape index (κ3) is 3.26. The van der Waals surface area contributed by atoms with Gasteiger partial charge in [-0.25, -0.2) is 0 Å². The Kier molecular flexibility index (Phi) is 5.18. The summed E-state index contributed by atoms with van der Waals surface area (Å²) in [6.45, 7) is -0.336. The van der Waals surface area contributed by atoms with Crippen LogP contribution >= 0.6 is 11.6 Å². The number of allylic oxidation sites excluding steroid dienone is 2. The van der Waals surface area contributed by atoms with E-state index in [0.29, 0.717) is 35.1 Å². The average molecular weight is 379 g/mol. The van der Waals surface area contributed by atoms with Crippen molar-refractivity contribution in [2.45, 2.75) is 12.8 Å². The Morgan fingerprint density at radius 2 is 1.69 bits per heavy atom. The smallest absolute Gasteiger partial charge is 0.244 e. The maximum atomic E-state index is 12.4. The summed E-state index contributed by atoms with van der Waals surface area (Å²) in [6, 6.07) is 3.04. The number of halogens is 1. The number of methoxy groups -OCH3 is 2. The van der Waals surface area contributed by atoms with E-state index in [9.17, 15) is 14.4 Å². The maximum Gasteiger partial charge on any atom is 0.244 e. The molecular formula is C18H19ClN2O5. The van der Waals surface area contributed by atoms with Crippen LogP contribution in [-0.2, 0) is 14.4 Å². The van der Waals surface area contributed by atoms with Gasteiger partial charge in [0, 0.05) is 6.07 Å². The van der Waals surface area contributed by atoms with E-state index in [4.69, 9.17) is 21.1 Å². The van der Waals surface area contributed by atoms with Crippen LogP contribution in [0.5, 0.6) is 11.5 Å². The Hall–Kier alpha value is -2.54. The zero-order valence-electron chi connectivity index (χ0n) is 14.5. The van der Waals surface area contributed by atoms with E-state index < -0.39 is 5.91 Å². The number of carbonyl (C=O) groups excluding carboxylic acids is 3. The topological polar surface area (TPSA) is 84.9 Å². The fourth-order valence-electron chi connectivity index (χ4n) is 3.32. The molecule has 2 atom stereocenters. The van der Waals surface area contributed by atoms with Gasteiger partial charge < -0.3 is 14.8 Å². The van der Waals surface area contributed by atoms with Crippen LogP contribution in [0.15, 0.2) is 24.3 Å². The van der Waals surface area contributed by atoms with Crippen LogP contribution in [0.25, 0.3) is 0 Å². The molecule has 1 heterocycles. The number of carbonyl (C=O) groups is 3. The summed E-state index contributed by atoms with van der Waals surface area (Å²) >= 11 is 6.08. The van der Waals surface area contributed by atoms with Crippen molar-refractivity contribution in [3.63, 3.8) is 0 Å². The van der Waals surface area contributed by atoms with Gasteiger partial charge in [0.1, 0.15) is 18.0 Å². The summed E-state index contributed by atoms with van der Waals surface area (Å²) in [5, 5.41) is 2.94. The van der Waals surface area contributed by atoms with Gasteiger partial charge in [0.25, 0.3) is 0 Å². The van der Waals surface area contributed by atoms with E-state index in [1.54, 1.807) is 6.07 Å². The van der Waals surface area contributed by atoms with Gasteiger partial charge in [-0.05, 0) is 18.9 Å². The number of rotatable bonds is 5. The molecular weight excluding hydrogens is 360 g/mol. The highest BCUT2D eigenvalue weighted by Gasteiger charge is 2.47. The zero-order valence-corrected chi connectivity index (χ0v) is 15.2. The number of amides is 3. The molecule has 0 spiro atoms. The van der Waals surface area contributed by atoms with Crippen molar-refractivity contribution in [3.05, 3.63) is 29.3 Å². The van der Waals surface area contributed by atoms with Crippen LogP contribution < -0.4 is 14.8 Å². The molecule has 1 N–H and O–H groups in total. The van der Waals surface area contributed by atoms with Crippen molar-refractivity contribution >= 4 is 35.0 Å². The van der Waals surface area contributed by atoms with Gasteiger partial charge in [0.2, 0.25) is 17.7 Å². The van der Waals surface area contributed by atoms with E-state index >= 15 is 0 Å². The van der Waals surface area contributed by atoms with Crippen LogP contribution in [0.3, 0.4) is 0 Å². The zero-order chi connectivity index (χ0) is 18.8. The highest BCUT2D eigenvalue weighted by atomic mass is 35.5. The van der Waals surface area contributed by atoms with Crippen molar-refractivity contribution in [2.75, 3.05) is 26.1 Å². The average Bonchev–Trinajstić information content (AvgIpc) is 2.87. The van der Waals surface area contributed by atoms with Crippen molar-refractivity contribution in [2.24, 2.45) is 11.8 Å². The molecule has 7 nitrogen and oxygen atoms in total. The highest BCUT2D eigenvalue weighted by molar-refractivity contribution is 6.32. The Morgan fingerprint density at radius 3 is 2.23 bits per heavy atom. The van der Waals surface area contributed by atoms with Gasteiger partial charge in [-0.15, -0.1) is 0 Å². The van der Waals surface area contributed by atoms with Gasteiger partial charge in [0.05, 0.1) is 36.8 Å². The van der Waals surface area contributed by atoms with Crippen LogP contribution in [0.4, 0.5) is 5.69 Å². The minimum Gasteiger partial charge on any atom is -0.495 e. The van der Waals surface area contributed by atoms with Gasteiger partial charge in [-0.1, -0.05) is 23.8 Å². The molecule has 0 bridgehead atoms. The molecule has 2 unspecified atom stereocenters. The fourth-order valence-corrected chi connectivity index (χ4v) is 3.56. The van der Waals surface area contributed by atoms with Gasteiger partial charge in [-0.2, -0.15) is 0 Å². The molecule has 1 fully saturated rings. The first kappa shape index (κ1) is 18.3. The minimum absolute atomic E-state index is 0.292. The van der Waals surface area contributed by atoms with E-state index in [2.05, 4.69) is 5.32 Å². The number of imide groups is 1. The summed E-state index contributed by atoms with van der Waals surface area (Å²) in [5.41, 5.74) is 0.335. The third-order valence-electron chi connectivity index (χ3n) is 4.65. The summed E-state index contributed by atoms with van der Waals surface area (Å²) in [6.07, 6.45) is 4.88. The molecule has 0 saturated carbocycles. The van der Waals surface area contributed by atoms with Crippen LogP contribution in [-0.4, -0.2) is 43.4 Å². The number of likely N-dealkylation sites (tertiary alicyclic amines) is 1.